The van der Waals surface area contributed by atoms with Crippen LogP contribution in [-0.2, 0) is 14.6 Å². The molecule has 1 heterocycles. The summed E-state index contributed by atoms with van der Waals surface area (Å²) in [5.74, 6) is -0.864. The number of carbonyl (C=O) groups is 2. The van der Waals surface area contributed by atoms with Gasteiger partial charge in [-0.15, -0.1) is 0 Å². The number of amides is 2. The molecule has 2 amide bonds. The third kappa shape index (κ3) is 6.09. The zero-order valence-electron chi connectivity index (χ0n) is 17.4. The molecule has 0 fully saturated rings. The van der Waals surface area contributed by atoms with Crippen molar-refractivity contribution < 1.29 is 40.7 Å². The number of benzene rings is 1. The molecule has 32 heavy (non-hydrogen) atoms. The molecule has 0 atom stereocenters. The molecule has 0 saturated heterocycles. The Labute approximate surface area is 181 Å². The summed E-state index contributed by atoms with van der Waals surface area (Å²) in [6.07, 6.45) is 0.249. The lowest BCUT2D eigenvalue weighted by Crippen LogP contribution is -2.28. The Morgan fingerprint density at radius 3 is 2.28 bits per heavy atom. The van der Waals surface area contributed by atoms with E-state index in [-0.39, 0.29) is 22.8 Å². The quantitative estimate of drug-likeness (QED) is 0.670. The molecule has 1 aromatic carbocycles. The van der Waals surface area contributed by atoms with E-state index in [0.29, 0.717) is 6.07 Å². The fourth-order valence-electron chi connectivity index (χ4n) is 2.32. The Morgan fingerprint density at radius 1 is 1.06 bits per heavy atom. The predicted molar refractivity (Wildman–Crippen MR) is 108 cm³/mol. The molecule has 0 aliphatic heterocycles. The van der Waals surface area contributed by atoms with Crippen LogP contribution in [-0.4, -0.2) is 43.6 Å². The van der Waals surface area contributed by atoms with Crippen molar-refractivity contribution in [2.24, 2.45) is 0 Å². The van der Waals surface area contributed by atoms with E-state index < -0.39 is 37.8 Å². The number of alkyl halides is 3. The number of pyridine rings is 1. The first-order valence-corrected chi connectivity index (χ1v) is 10.4. The molecule has 2 N–H and O–H groups in total. The number of methoxy groups -OCH3 is 1. The average Bonchev–Trinajstić information content (AvgIpc) is 2.66. The topological polar surface area (TPSA) is 124 Å². The molecule has 0 bridgehead atoms. The molecule has 0 unspecified atom stereocenters. The molecule has 0 radical (unpaired) electrons. The maximum absolute atomic E-state index is 12.8. The minimum atomic E-state index is -5.61. The van der Waals surface area contributed by atoms with E-state index in [1.807, 2.05) is 0 Å². The number of ether oxygens (including phenoxy) is 2. The third-order valence-electron chi connectivity index (χ3n) is 3.68. The van der Waals surface area contributed by atoms with Crippen molar-refractivity contribution in [1.29, 1.82) is 0 Å². The van der Waals surface area contributed by atoms with Crippen molar-refractivity contribution in [3.8, 4) is 5.88 Å². The third-order valence-corrected chi connectivity index (χ3v) is 5.16. The molecule has 13 heteroatoms. The largest absolute Gasteiger partial charge is 0.501 e. The second-order valence-corrected chi connectivity index (χ2v) is 9.27. The zero-order valence-corrected chi connectivity index (χ0v) is 18.2. The highest BCUT2D eigenvalue weighted by Crippen LogP contribution is 2.31. The highest BCUT2D eigenvalue weighted by Gasteiger charge is 2.46. The Hall–Kier alpha value is -3.35. The molecule has 9 nitrogen and oxygen atoms in total. The number of anilines is 2. The van der Waals surface area contributed by atoms with E-state index in [9.17, 15) is 31.2 Å². The lowest BCUT2D eigenvalue weighted by molar-refractivity contribution is -0.0436. The van der Waals surface area contributed by atoms with Gasteiger partial charge in [-0.1, -0.05) is 6.07 Å². The average molecular weight is 475 g/mol. The number of rotatable bonds is 5. The number of sulfone groups is 1. The van der Waals surface area contributed by atoms with Gasteiger partial charge in [0.1, 0.15) is 5.60 Å². The molecule has 0 saturated carbocycles. The van der Waals surface area contributed by atoms with E-state index in [4.69, 9.17) is 9.47 Å². The summed E-state index contributed by atoms with van der Waals surface area (Å²) >= 11 is 0. The van der Waals surface area contributed by atoms with Crippen LogP contribution in [0.2, 0.25) is 0 Å². The summed E-state index contributed by atoms with van der Waals surface area (Å²) in [6.45, 7) is 4.90. The van der Waals surface area contributed by atoms with Crippen LogP contribution in [0.3, 0.4) is 0 Å². The van der Waals surface area contributed by atoms with Gasteiger partial charge >= 0.3 is 11.6 Å². The van der Waals surface area contributed by atoms with Gasteiger partial charge in [0.25, 0.3) is 15.7 Å². The van der Waals surface area contributed by atoms with Gasteiger partial charge in [0.15, 0.2) is 0 Å². The normalized spacial score (nSPS) is 12.1. The van der Waals surface area contributed by atoms with Crippen molar-refractivity contribution in [1.82, 2.24) is 4.98 Å². The molecule has 0 aliphatic carbocycles. The minimum Gasteiger partial charge on any atom is -0.481 e. The molecule has 1 aromatic heterocycles. The van der Waals surface area contributed by atoms with E-state index in [2.05, 4.69) is 15.6 Å². The summed E-state index contributed by atoms with van der Waals surface area (Å²) < 4.78 is 71.7. The van der Waals surface area contributed by atoms with Crippen molar-refractivity contribution in [2.45, 2.75) is 36.8 Å². The van der Waals surface area contributed by atoms with Crippen LogP contribution in [0.4, 0.5) is 29.3 Å². The van der Waals surface area contributed by atoms with Gasteiger partial charge in [-0.25, -0.2) is 18.2 Å². The molecular formula is C19H20F3N3O6S. The number of hydrogen-bond donors (Lipinski definition) is 2. The molecular weight excluding hydrogens is 455 g/mol. The van der Waals surface area contributed by atoms with Gasteiger partial charge in [0.05, 0.1) is 29.5 Å². The molecule has 0 aliphatic rings. The van der Waals surface area contributed by atoms with Gasteiger partial charge in [0.2, 0.25) is 5.88 Å². The lowest BCUT2D eigenvalue weighted by Gasteiger charge is -2.20. The number of nitrogens with zero attached hydrogens (tertiary/aromatic N) is 1. The Bertz CT molecular complexity index is 1130. The van der Waals surface area contributed by atoms with Crippen LogP contribution in [0.15, 0.2) is 41.4 Å². The first-order chi connectivity index (χ1) is 14.6. The van der Waals surface area contributed by atoms with E-state index in [1.54, 1.807) is 20.8 Å². The van der Waals surface area contributed by atoms with E-state index >= 15 is 0 Å². The predicted octanol–water partition coefficient (Wildman–Crippen LogP) is 3.98. The van der Waals surface area contributed by atoms with Gasteiger partial charge < -0.3 is 14.8 Å². The Kier molecular flexibility index (Phi) is 7.03. The maximum atomic E-state index is 12.8. The number of aromatic nitrogens is 1. The van der Waals surface area contributed by atoms with Crippen LogP contribution >= 0.6 is 0 Å². The van der Waals surface area contributed by atoms with Crippen molar-refractivity contribution in [3.05, 3.63) is 42.1 Å². The highest BCUT2D eigenvalue weighted by molar-refractivity contribution is 7.92. The van der Waals surface area contributed by atoms with Crippen LogP contribution < -0.4 is 15.4 Å². The standard InChI is InChI=1S/C19H20F3N3O6S/c1-18(2,3)31-17(27)25-14-10-23-15(30-4)9-13(14)16(26)24-11-6-5-7-12(8-11)32(28,29)19(20,21)22/h5-10H,1-4H3,(H,24,26)(H,25,27). The monoisotopic (exact) mass is 475 g/mol. The smallest absolute Gasteiger partial charge is 0.481 e. The minimum absolute atomic E-state index is 0.0123. The molecule has 2 aromatic rings. The number of halogens is 3. The Morgan fingerprint density at radius 2 is 1.72 bits per heavy atom. The summed E-state index contributed by atoms with van der Waals surface area (Å²) in [5, 5.41) is 4.65. The number of hydrogen-bond acceptors (Lipinski definition) is 7. The van der Waals surface area contributed by atoms with Crippen LogP contribution in [0.1, 0.15) is 31.1 Å². The molecule has 174 valence electrons. The van der Waals surface area contributed by atoms with Crippen LogP contribution in [0, 0.1) is 0 Å². The first-order valence-electron chi connectivity index (χ1n) is 8.91. The number of nitrogens with one attached hydrogen (secondary N) is 2. The van der Waals surface area contributed by atoms with Crippen LogP contribution in [0.5, 0.6) is 5.88 Å². The SMILES string of the molecule is COc1cc(C(=O)Nc2cccc(S(=O)(=O)C(F)(F)F)c2)c(NC(=O)OC(C)(C)C)cn1. The van der Waals surface area contributed by atoms with Crippen molar-refractivity contribution in [3.63, 3.8) is 0 Å². The zero-order chi connectivity index (χ0) is 24.3. The van der Waals surface area contributed by atoms with Gasteiger partial charge in [-0.2, -0.15) is 13.2 Å². The van der Waals surface area contributed by atoms with Gasteiger partial charge in [0, 0.05) is 11.8 Å². The number of carbonyl (C=O) groups excluding carboxylic acids is 2. The summed E-state index contributed by atoms with van der Waals surface area (Å²) in [7, 11) is -4.32. The fourth-order valence-corrected chi connectivity index (χ4v) is 3.13. The molecule has 0 spiro atoms. The summed E-state index contributed by atoms with van der Waals surface area (Å²) in [4.78, 5) is 27.7. The summed E-state index contributed by atoms with van der Waals surface area (Å²) in [5.41, 5.74) is -6.78. The second-order valence-electron chi connectivity index (χ2n) is 7.33. The first kappa shape index (κ1) is 24.9. The fraction of sp³-hybridized carbons (Fsp3) is 0.316. The van der Waals surface area contributed by atoms with Crippen molar-refractivity contribution in [2.75, 3.05) is 17.7 Å². The van der Waals surface area contributed by atoms with E-state index in [1.165, 1.54) is 19.2 Å². The lowest BCUT2D eigenvalue weighted by atomic mass is 10.2. The van der Waals surface area contributed by atoms with E-state index in [0.717, 1.165) is 18.3 Å². The van der Waals surface area contributed by atoms with Gasteiger partial charge in [-0.3, -0.25) is 10.1 Å². The highest BCUT2D eigenvalue weighted by atomic mass is 32.2. The van der Waals surface area contributed by atoms with Crippen molar-refractivity contribution >= 4 is 33.2 Å². The van der Waals surface area contributed by atoms with Gasteiger partial charge in [-0.05, 0) is 39.0 Å². The Balaban J connectivity index is 2.35. The second kappa shape index (κ2) is 9.02. The maximum Gasteiger partial charge on any atom is 0.501 e. The van der Waals surface area contributed by atoms with Crippen LogP contribution in [0.25, 0.3) is 0 Å². The summed E-state index contributed by atoms with van der Waals surface area (Å²) in [6, 6.07) is 4.84. The molecule has 2 rings (SSSR count).